The van der Waals surface area contributed by atoms with Gasteiger partial charge in [-0.2, -0.15) is 0 Å². The molecule has 0 aliphatic rings. The molecule has 2 unspecified atom stereocenters. The van der Waals surface area contributed by atoms with E-state index in [4.69, 9.17) is 0 Å². The zero-order valence-corrected chi connectivity index (χ0v) is 12.7. The zero-order chi connectivity index (χ0) is 15.1. The molecule has 0 radical (unpaired) electrons. The van der Waals surface area contributed by atoms with Crippen LogP contribution in [0.25, 0.3) is 0 Å². The van der Waals surface area contributed by atoms with Gasteiger partial charge in [0.1, 0.15) is 0 Å². The molecule has 0 fully saturated rings. The third-order valence-corrected chi connectivity index (χ3v) is 3.19. The van der Waals surface area contributed by atoms with E-state index in [1.165, 1.54) is 6.92 Å². The van der Waals surface area contributed by atoms with Crippen LogP contribution in [0.5, 0.6) is 0 Å². The molecule has 0 saturated heterocycles. The summed E-state index contributed by atoms with van der Waals surface area (Å²) in [4.78, 5) is 12.8. The molecule has 1 amide bonds. The summed E-state index contributed by atoms with van der Waals surface area (Å²) in [6.45, 7) is 4.61. The fourth-order valence-corrected chi connectivity index (χ4v) is 1.91. The van der Waals surface area contributed by atoms with Gasteiger partial charge in [0.2, 0.25) is 5.91 Å². The van der Waals surface area contributed by atoms with E-state index in [0.717, 1.165) is 11.3 Å². The van der Waals surface area contributed by atoms with Crippen molar-refractivity contribution >= 4 is 11.6 Å². The minimum atomic E-state index is -0.566. The van der Waals surface area contributed by atoms with Crippen LogP contribution in [0.1, 0.15) is 25.5 Å². The van der Waals surface area contributed by atoms with Crippen molar-refractivity contribution in [2.45, 2.75) is 26.0 Å². The fraction of sp³-hybridized carbons (Fsp3) is 0.533. The molecule has 1 aromatic carbocycles. The van der Waals surface area contributed by atoms with Gasteiger partial charge in [-0.1, -0.05) is 12.1 Å². The van der Waals surface area contributed by atoms with E-state index >= 15 is 0 Å². The van der Waals surface area contributed by atoms with E-state index in [1.54, 1.807) is 0 Å². The van der Waals surface area contributed by atoms with E-state index < -0.39 is 6.10 Å². The third kappa shape index (κ3) is 5.19. The molecule has 0 bridgehead atoms. The Labute approximate surface area is 121 Å². The maximum atomic E-state index is 10.7. The van der Waals surface area contributed by atoms with Crippen molar-refractivity contribution in [1.82, 2.24) is 10.6 Å². The Hall–Kier alpha value is -1.59. The fourth-order valence-electron chi connectivity index (χ4n) is 1.91. The highest BCUT2D eigenvalue weighted by Gasteiger charge is 2.15. The van der Waals surface area contributed by atoms with Gasteiger partial charge in [0, 0.05) is 45.8 Å². The Balaban J connectivity index is 2.47. The Morgan fingerprint density at radius 3 is 2.35 bits per heavy atom. The van der Waals surface area contributed by atoms with E-state index in [-0.39, 0.29) is 11.9 Å². The van der Waals surface area contributed by atoms with Crippen LogP contribution in [0, 0.1) is 0 Å². The molecule has 1 rings (SSSR count). The summed E-state index contributed by atoms with van der Waals surface area (Å²) in [7, 11) is 3.97. The van der Waals surface area contributed by atoms with Gasteiger partial charge in [0.25, 0.3) is 0 Å². The highest BCUT2D eigenvalue weighted by molar-refractivity contribution is 5.72. The number of rotatable bonds is 7. The Morgan fingerprint density at radius 2 is 1.85 bits per heavy atom. The summed E-state index contributed by atoms with van der Waals surface area (Å²) in [5, 5.41) is 16.2. The van der Waals surface area contributed by atoms with Crippen molar-refractivity contribution in [1.29, 1.82) is 0 Å². The predicted molar refractivity (Wildman–Crippen MR) is 81.9 cm³/mol. The summed E-state index contributed by atoms with van der Waals surface area (Å²) >= 11 is 0. The molecule has 5 heteroatoms. The first kappa shape index (κ1) is 16.5. The predicted octanol–water partition coefficient (Wildman–Crippen LogP) is 0.900. The average molecular weight is 279 g/mol. The standard InChI is InChI=1S/C15H25N3O2/c1-11(16-9-10-17-12(2)19)15(20)13-5-7-14(8-6-13)18(3)4/h5-8,11,15-16,20H,9-10H2,1-4H3,(H,17,19). The summed E-state index contributed by atoms with van der Waals surface area (Å²) in [6, 6.07) is 7.78. The first-order valence-electron chi connectivity index (χ1n) is 6.85. The summed E-state index contributed by atoms with van der Waals surface area (Å²) < 4.78 is 0. The highest BCUT2D eigenvalue weighted by Crippen LogP contribution is 2.20. The van der Waals surface area contributed by atoms with Crippen molar-refractivity contribution < 1.29 is 9.90 Å². The van der Waals surface area contributed by atoms with Crippen molar-refractivity contribution in [2.24, 2.45) is 0 Å². The second-order valence-electron chi connectivity index (χ2n) is 5.16. The summed E-state index contributed by atoms with van der Waals surface area (Å²) in [5.41, 5.74) is 1.99. The highest BCUT2D eigenvalue weighted by atomic mass is 16.3. The lowest BCUT2D eigenvalue weighted by Crippen LogP contribution is -2.38. The van der Waals surface area contributed by atoms with Crippen molar-refractivity contribution in [3.05, 3.63) is 29.8 Å². The minimum absolute atomic E-state index is 0.0423. The van der Waals surface area contributed by atoms with Crippen LogP contribution in [0.2, 0.25) is 0 Å². The number of nitrogens with zero attached hydrogens (tertiary/aromatic N) is 1. The molecule has 112 valence electrons. The average Bonchev–Trinajstić information content (AvgIpc) is 2.42. The lowest BCUT2D eigenvalue weighted by molar-refractivity contribution is -0.118. The molecule has 1 aromatic rings. The van der Waals surface area contributed by atoms with Crippen LogP contribution >= 0.6 is 0 Å². The van der Waals surface area contributed by atoms with Gasteiger partial charge < -0.3 is 20.6 Å². The molecular weight excluding hydrogens is 254 g/mol. The molecule has 20 heavy (non-hydrogen) atoms. The minimum Gasteiger partial charge on any atom is -0.387 e. The maximum absolute atomic E-state index is 10.7. The molecule has 0 aromatic heterocycles. The monoisotopic (exact) mass is 279 g/mol. The topological polar surface area (TPSA) is 64.6 Å². The van der Waals surface area contributed by atoms with Crippen LogP contribution < -0.4 is 15.5 Å². The van der Waals surface area contributed by atoms with Crippen LogP contribution in [0.15, 0.2) is 24.3 Å². The number of nitrogens with one attached hydrogen (secondary N) is 2. The van der Waals surface area contributed by atoms with Gasteiger partial charge in [-0.25, -0.2) is 0 Å². The van der Waals surface area contributed by atoms with E-state index in [1.807, 2.05) is 50.2 Å². The van der Waals surface area contributed by atoms with Crippen LogP contribution in [-0.4, -0.2) is 44.2 Å². The van der Waals surface area contributed by atoms with E-state index in [9.17, 15) is 9.90 Å². The molecule has 0 spiro atoms. The second-order valence-corrected chi connectivity index (χ2v) is 5.16. The van der Waals surface area contributed by atoms with Gasteiger partial charge >= 0.3 is 0 Å². The lowest BCUT2D eigenvalue weighted by atomic mass is 10.0. The van der Waals surface area contributed by atoms with Crippen molar-refractivity contribution in [3.63, 3.8) is 0 Å². The normalized spacial score (nSPS) is 13.7. The molecule has 0 heterocycles. The number of carbonyl (C=O) groups is 1. The van der Waals surface area contributed by atoms with Gasteiger partial charge in [0.05, 0.1) is 6.10 Å². The van der Waals surface area contributed by atoms with Gasteiger partial charge in [-0.3, -0.25) is 4.79 Å². The number of hydrogen-bond acceptors (Lipinski definition) is 4. The first-order chi connectivity index (χ1) is 9.41. The zero-order valence-electron chi connectivity index (χ0n) is 12.7. The SMILES string of the molecule is CC(=O)NCCNC(C)C(O)c1ccc(N(C)C)cc1. The Bertz CT molecular complexity index is 418. The van der Waals surface area contributed by atoms with Gasteiger partial charge in [-0.15, -0.1) is 0 Å². The number of amides is 1. The molecular formula is C15H25N3O2. The Kier molecular flexibility index (Phi) is 6.48. The number of benzene rings is 1. The van der Waals surface area contributed by atoms with Crippen LogP contribution in [0.4, 0.5) is 5.69 Å². The molecule has 3 N–H and O–H groups in total. The molecule has 5 nitrogen and oxygen atoms in total. The quantitative estimate of drug-likeness (QED) is 0.649. The largest absolute Gasteiger partial charge is 0.387 e. The van der Waals surface area contributed by atoms with Crippen molar-refractivity contribution in [2.75, 3.05) is 32.1 Å². The number of aliphatic hydroxyl groups excluding tert-OH is 1. The van der Waals surface area contributed by atoms with Crippen LogP contribution in [0.3, 0.4) is 0 Å². The molecule has 0 saturated carbocycles. The smallest absolute Gasteiger partial charge is 0.216 e. The third-order valence-electron chi connectivity index (χ3n) is 3.19. The molecule has 2 atom stereocenters. The van der Waals surface area contributed by atoms with E-state index in [0.29, 0.717) is 13.1 Å². The van der Waals surface area contributed by atoms with E-state index in [2.05, 4.69) is 10.6 Å². The van der Waals surface area contributed by atoms with Crippen LogP contribution in [-0.2, 0) is 4.79 Å². The first-order valence-corrected chi connectivity index (χ1v) is 6.85. The second kappa shape index (κ2) is 7.87. The number of aliphatic hydroxyl groups is 1. The summed E-state index contributed by atoms with van der Waals surface area (Å²) in [5.74, 6) is -0.0423. The summed E-state index contributed by atoms with van der Waals surface area (Å²) in [6.07, 6.45) is -0.566. The van der Waals surface area contributed by atoms with Gasteiger partial charge in [-0.05, 0) is 24.6 Å². The lowest BCUT2D eigenvalue weighted by Gasteiger charge is -2.21. The molecule has 0 aliphatic heterocycles. The number of carbonyl (C=O) groups excluding carboxylic acids is 1. The molecule has 0 aliphatic carbocycles. The number of hydrogen-bond donors (Lipinski definition) is 3. The number of anilines is 1. The Morgan fingerprint density at radius 1 is 1.25 bits per heavy atom. The van der Waals surface area contributed by atoms with Crippen molar-refractivity contribution in [3.8, 4) is 0 Å². The van der Waals surface area contributed by atoms with Gasteiger partial charge in [0.15, 0.2) is 0 Å². The maximum Gasteiger partial charge on any atom is 0.216 e.